The van der Waals surface area contributed by atoms with E-state index < -0.39 is 12.8 Å². The van der Waals surface area contributed by atoms with Crippen LogP contribution in [0.15, 0.2) is 29.3 Å². The summed E-state index contributed by atoms with van der Waals surface area (Å²) in [4.78, 5) is 9.19. The molecule has 0 radical (unpaired) electrons. The highest BCUT2D eigenvalue weighted by Gasteiger charge is 2.27. The number of ether oxygens (including phenoxy) is 1. The summed E-state index contributed by atoms with van der Waals surface area (Å²) in [5, 5.41) is 11.3. The Morgan fingerprint density at radius 2 is 2.06 bits per heavy atom. The number of aliphatic imine (C=N–C) groups is 1. The lowest BCUT2D eigenvalue weighted by atomic mass is 10.1. The van der Waals surface area contributed by atoms with Gasteiger partial charge in [-0.15, -0.1) is 24.0 Å². The Morgan fingerprint density at radius 1 is 1.28 bits per heavy atom. The Hall–Kier alpha value is -1.89. The van der Waals surface area contributed by atoms with Crippen molar-refractivity contribution in [3.05, 3.63) is 47.0 Å². The molecule has 2 heterocycles. The predicted molar refractivity (Wildman–Crippen MR) is 127 cm³/mol. The van der Waals surface area contributed by atoms with Gasteiger partial charge in [-0.2, -0.15) is 18.3 Å². The monoisotopic (exact) mass is 566 g/mol. The average molecular weight is 566 g/mol. The molecule has 0 aliphatic carbocycles. The maximum Gasteiger partial charge on any atom is 0.411 e. The van der Waals surface area contributed by atoms with Crippen molar-refractivity contribution < 1.29 is 17.9 Å². The molecule has 1 aromatic carbocycles. The third-order valence-electron chi connectivity index (χ3n) is 4.85. The summed E-state index contributed by atoms with van der Waals surface area (Å²) in [5.74, 6) is 2.60. The predicted octanol–water partition coefficient (Wildman–Crippen LogP) is 3.61. The fourth-order valence-electron chi connectivity index (χ4n) is 3.41. The van der Waals surface area contributed by atoms with E-state index >= 15 is 0 Å². The fourth-order valence-corrected chi connectivity index (χ4v) is 3.41. The van der Waals surface area contributed by atoms with Gasteiger partial charge in [-0.3, -0.25) is 0 Å². The van der Waals surface area contributed by atoms with Crippen LogP contribution < -0.4 is 10.6 Å². The zero-order valence-electron chi connectivity index (χ0n) is 18.3. The topological polar surface area (TPSA) is 76.4 Å². The number of nitrogens with one attached hydrogen (secondary N) is 2. The lowest BCUT2D eigenvalue weighted by Gasteiger charge is -2.25. The van der Waals surface area contributed by atoms with Crippen LogP contribution in [0.4, 0.5) is 13.2 Å². The molecule has 1 aliphatic heterocycles. The van der Waals surface area contributed by atoms with Crippen LogP contribution in [-0.2, 0) is 37.3 Å². The van der Waals surface area contributed by atoms with E-state index in [9.17, 15) is 13.2 Å². The average Bonchev–Trinajstić information content (AvgIpc) is 3.14. The highest BCUT2D eigenvalue weighted by Crippen LogP contribution is 2.16. The van der Waals surface area contributed by atoms with Crippen molar-refractivity contribution in [3.63, 3.8) is 0 Å². The summed E-state index contributed by atoms with van der Waals surface area (Å²) < 4.78 is 43.5. The van der Waals surface area contributed by atoms with Crippen molar-refractivity contribution in [1.29, 1.82) is 0 Å². The first-order valence-corrected chi connectivity index (χ1v) is 10.6. The number of halogens is 4. The van der Waals surface area contributed by atoms with Crippen molar-refractivity contribution in [2.24, 2.45) is 4.99 Å². The van der Waals surface area contributed by atoms with E-state index in [1.807, 2.05) is 30.7 Å². The first-order valence-electron chi connectivity index (χ1n) is 10.6. The third-order valence-corrected chi connectivity index (χ3v) is 4.85. The molecule has 1 aliphatic rings. The first-order chi connectivity index (χ1) is 14.9. The number of hydrogen-bond acceptors (Lipinski definition) is 4. The quantitative estimate of drug-likeness (QED) is 0.290. The minimum Gasteiger partial charge on any atom is -0.367 e. The third kappa shape index (κ3) is 8.23. The Balaban J connectivity index is 0.00000363. The molecule has 1 unspecified atom stereocenters. The zero-order valence-corrected chi connectivity index (χ0v) is 20.6. The number of aromatic nitrogens is 3. The van der Waals surface area contributed by atoms with Crippen molar-refractivity contribution in [1.82, 2.24) is 25.4 Å². The second-order valence-corrected chi connectivity index (χ2v) is 7.48. The lowest BCUT2D eigenvalue weighted by Crippen LogP contribution is -2.47. The van der Waals surface area contributed by atoms with Crippen LogP contribution in [0, 0.1) is 0 Å². The normalized spacial score (nSPS) is 16.3. The maximum atomic E-state index is 12.2. The summed E-state index contributed by atoms with van der Waals surface area (Å²) >= 11 is 0. The van der Waals surface area contributed by atoms with Gasteiger partial charge >= 0.3 is 6.18 Å². The number of nitrogens with zero attached hydrogens (tertiary/aromatic N) is 4. The molecule has 0 bridgehead atoms. The molecular formula is C21H30F3IN6O. The molecule has 0 saturated carbocycles. The Bertz CT molecular complexity index is 887. The van der Waals surface area contributed by atoms with E-state index in [1.165, 1.54) is 0 Å². The van der Waals surface area contributed by atoms with Gasteiger partial charge in [-0.1, -0.05) is 31.2 Å². The smallest absolute Gasteiger partial charge is 0.367 e. The summed E-state index contributed by atoms with van der Waals surface area (Å²) in [7, 11) is 0. The standard InChI is InChI=1S/C21H29F3N6O.HI/c1-3-18-28-19-9-8-17(12-30(19)29-18)27-20(25-4-2)26-11-15-6-5-7-16(10-15)13-31-14-21(22,23)24;/h5-7,10,17H,3-4,8-9,11-14H2,1-2H3,(H2,25,26,27);1H. The number of guanidine groups is 1. The van der Waals surface area contributed by atoms with Crippen LogP contribution in [-0.4, -0.2) is 46.1 Å². The van der Waals surface area contributed by atoms with E-state index in [4.69, 9.17) is 4.74 Å². The van der Waals surface area contributed by atoms with Crippen molar-refractivity contribution in [3.8, 4) is 0 Å². The van der Waals surface area contributed by atoms with E-state index in [2.05, 4.69) is 25.7 Å². The maximum absolute atomic E-state index is 12.2. The van der Waals surface area contributed by atoms with Crippen LogP contribution in [0.25, 0.3) is 0 Å². The zero-order chi connectivity index (χ0) is 22.3. The minimum atomic E-state index is -4.32. The number of hydrogen-bond donors (Lipinski definition) is 2. The molecule has 11 heteroatoms. The molecule has 0 amide bonds. The molecule has 2 N–H and O–H groups in total. The van der Waals surface area contributed by atoms with E-state index in [1.54, 1.807) is 12.1 Å². The summed E-state index contributed by atoms with van der Waals surface area (Å²) in [6.45, 7) is 4.57. The summed E-state index contributed by atoms with van der Waals surface area (Å²) in [6.07, 6.45) is -1.69. The molecule has 1 atom stereocenters. The Labute approximate surface area is 203 Å². The van der Waals surface area contributed by atoms with Gasteiger partial charge in [-0.25, -0.2) is 14.7 Å². The SMILES string of the molecule is CCNC(=NCc1cccc(COCC(F)(F)F)c1)NC1CCc2nc(CC)nn2C1.I. The van der Waals surface area contributed by atoms with Gasteiger partial charge in [0.25, 0.3) is 0 Å². The van der Waals surface area contributed by atoms with Crippen LogP contribution in [0.5, 0.6) is 0 Å². The lowest BCUT2D eigenvalue weighted by molar-refractivity contribution is -0.176. The van der Waals surface area contributed by atoms with Crippen LogP contribution in [0.2, 0.25) is 0 Å². The Morgan fingerprint density at radius 3 is 2.78 bits per heavy atom. The van der Waals surface area contributed by atoms with Crippen LogP contribution in [0.3, 0.4) is 0 Å². The number of rotatable bonds is 8. The van der Waals surface area contributed by atoms with Crippen LogP contribution >= 0.6 is 24.0 Å². The molecule has 1 aromatic heterocycles. The van der Waals surface area contributed by atoms with Gasteiger partial charge in [0.2, 0.25) is 0 Å². The molecule has 0 spiro atoms. The second kappa shape index (κ2) is 12.4. The highest BCUT2D eigenvalue weighted by molar-refractivity contribution is 14.0. The van der Waals surface area contributed by atoms with E-state index in [0.717, 1.165) is 49.6 Å². The Kier molecular flexibility index (Phi) is 10.2. The molecule has 2 aromatic rings. The number of aryl methyl sites for hydroxylation is 2. The molecule has 178 valence electrons. The molecular weight excluding hydrogens is 536 g/mol. The molecule has 3 rings (SSSR count). The van der Waals surface area contributed by atoms with Gasteiger partial charge in [-0.05, 0) is 24.5 Å². The second-order valence-electron chi connectivity index (χ2n) is 7.48. The number of alkyl halides is 3. The van der Waals surface area contributed by atoms with Gasteiger partial charge in [0, 0.05) is 25.4 Å². The van der Waals surface area contributed by atoms with Crippen molar-refractivity contribution >= 4 is 29.9 Å². The van der Waals surface area contributed by atoms with E-state index in [0.29, 0.717) is 18.1 Å². The summed E-state index contributed by atoms with van der Waals surface area (Å²) in [6, 6.07) is 7.46. The number of benzene rings is 1. The van der Waals surface area contributed by atoms with Gasteiger partial charge in [0.15, 0.2) is 11.8 Å². The van der Waals surface area contributed by atoms with Crippen molar-refractivity contribution in [2.45, 2.75) is 65.0 Å². The summed E-state index contributed by atoms with van der Waals surface area (Å²) in [5.41, 5.74) is 1.59. The molecule has 0 fully saturated rings. The largest absolute Gasteiger partial charge is 0.411 e. The molecule has 32 heavy (non-hydrogen) atoms. The van der Waals surface area contributed by atoms with Crippen LogP contribution in [0.1, 0.15) is 43.0 Å². The highest BCUT2D eigenvalue weighted by atomic mass is 127. The van der Waals surface area contributed by atoms with Gasteiger partial charge in [0.05, 0.1) is 19.7 Å². The minimum absolute atomic E-state index is 0. The first kappa shape index (κ1) is 26.4. The van der Waals surface area contributed by atoms with E-state index in [-0.39, 0.29) is 36.6 Å². The van der Waals surface area contributed by atoms with Crippen molar-refractivity contribution in [2.75, 3.05) is 13.2 Å². The molecule has 0 saturated heterocycles. The fraction of sp³-hybridized carbons (Fsp3) is 0.571. The number of fused-ring (bicyclic) bond motifs is 1. The molecule has 7 nitrogen and oxygen atoms in total. The van der Waals surface area contributed by atoms with Gasteiger partial charge < -0.3 is 15.4 Å². The van der Waals surface area contributed by atoms with Gasteiger partial charge in [0.1, 0.15) is 12.4 Å².